The van der Waals surface area contributed by atoms with Gasteiger partial charge >= 0.3 is 0 Å². The third-order valence-electron chi connectivity index (χ3n) is 5.01. The van der Waals surface area contributed by atoms with Crippen LogP contribution in [0, 0.1) is 11.3 Å². The fourth-order valence-electron chi connectivity index (χ4n) is 3.33. The predicted octanol–water partition coefficient (Wildman–Crippen LogP) is 6.69. The van der Waals surface area contributed by atoms with E-state index in [4.69, 9.17) is 21.6 Å². The highest BCUT2D eigenvalue weighted by molar-refractivity contribution is 7.98. The molecule has 3 aromatic rings. The van der Waals surface area contributed by atoms with Gasteiger partial charge in [-0.3, -0.25) is 4.99 Å². The van der Waals surface area contributed by atoms with E-state index in [1.54, 1.807) is 11.8 Å². The second kappa shape index (κ2) is 12.7. The van der Waals surface area contributed by atoms with Gasteiger partial charge in [0, 0.05) is 35.6 Å². The number of nitrogens with zero attached hydrogens (tertiary/aromatic N) is 4. The Bertz CT molecular complexity index is 1190. The van der Waals surface area contributed by atoms with E-state index >= 15 is 0 Å². The van der Waals surface area contributed by atoms with Crippen molar-refractivity contribution in [3.8, 4) is 6.07 Å². The average Bonchev–Trinajstić information content (AvgIpc) is 2.96. The fourth-order valence-corrected chi connectivity index (χ4v) is 4.39. The second-order valence-electron chi connectivity index (χ2n) is 7.15. The molecule has 4 rings (SSSR count). The molecule has 2 heterocycles. The number of allylic oxidation sites excluding steroid dienone is 1. The van der Waals surface area contributed by atoms with Gasteiger partial charge in [-0.15, -0.1) is 36.6 Å². The minimum absolute atomic E-state index is 0. The van der Waals surface area contributed by atoms with Crippen molar-refractivity contribution in [2.24, 2.45) is 4.99 Å². The number of rotatable bonds is 5. The maximum Gasteiger partial charge on any atom is 0.115 e. The average molecular weight is 518 g/mol. The van der Waals surface area contributed by atoms with E-state index in [1.165, 1.54) is 5.69 Å². The Morgan fingerprint density at radius 2 is 1.82 bits per heavy atom. The molecule has 0 fully saturated rings. The molecule has 0 amide bonds. The monoisotopic (exact) mass is 516 g/mol. The summed E-state index contributed by atoms with van der Waals surface area (Å²) in [4.78, 5) is 11.7. The van der Waals surface area contributed by atoms with Gasteiger partial charge in [0.25, 0.3) is 0 Å². The van der Waals surface area contributed by atoms with Crippen molar-refractivity contribution >= 4 is 65.7 Å². The molecule has 2 aromatic carbocycles. The highest BCUT2D eigenvalue weighted by atomic mass is 35.5. The van der Waals surface area contributed by atoms with Crippen molar-refractivity contribution < 1.29 is 0 Å². The molecule has 1 aliphatic rings. The summed E-state index contributed by atoms with van der Waals surface area (Å²) < 4.78 is 0. The molecular formula is C25H23Cl3N4S. The first-order chi connectivity index (χ1) is 15.1. The largest absolute Gasteiger partial charge is 0.372 e. The van der Waals surface area contributed by atoms with Crippen LogP contribution in [0.2, 0.25) is 5.02 Å². The first kappa shape index (κ1) is 26.8. The Balaban J connectivity index is 0.00000193. The smallest absolute Gasteiger partial charge is 0.115 e. The van der Waals surface area contributed by atoms with Crippen LogP contribution in [0.3, 0.4) is 0 Å². The van der Waals surface area contributed by atoms with Crippen LogP contribution >= 0.6 is 48.2 Å². The zero-order valence-corrected chi connectivity index (χ0v) is 21.1. The Kier molecular flexibility index (Phi) is 10.3. The van der Waals surface area contributed by atoms with Crippen LogP contribution in [0.15, 0.2) is 76.8 Å². The predicted molar refractivity (Wildman–Crippen MR) is 145 cm³/mol. The van der Waals surface area contributed by atoms with E-state index in [2.05, 4.69) is 30.1 Å². The summed E-state index contributed by atoms with van der Waals surface area (Å²) >= 11 is 7.51. The van der Waals surface area contributed by atoms with E-state index in [0.29, 0.717) is 10.6 Å². The highest BCUT2D eigenvalue weighted by Gasteiger charge is 2.14. The lowest BCUT2D eigenvalue weighted by Crippen LogP contribution is -2.20. The second-order valence-corrected chi connectivity index (χ2v) is 8.56. The summed E-state index contributed by atoms with van der Waals surface area (Å²) in [6.45, 7) is 1.63. The molecule has 0 spiro atoms. The minimum atomic E-state index is 0. The molecule has 0 saturated carbocycles. The zero-order valence-electron chi connectivity index (χ0n) is 17.9. The summed E-state index contributed by atoms with van der Waals surface area (Å²) in [5.74, 6) is 0.721. The normalized spacial score (nSPS) is 12.6. The number of benzene rings is 2. The summed E-state index contributed by atoms with van der Waals surface area (Å²) in [6.07, 6.45) is 3.98. The number of nitriles is 1. The molecular weight excluding hydrogens is 495 g/mol. The lowest BCUT2D eigenvalue weighted by molar-refractivity contribution is 0.897. The van der Waals surface area contributed by atoms with Gasteiger partial charge in [0.15, 0.2) is 0 Å². The molecule has 0 bridgehead atoms. The number of likely N-dealkylation sites (N-methyl/N-ethyl adjacent to an activating group) is 1. The van der Waals surface area contributed by atoms with Crippen LogP contribution in [0.25, 0.3) is 6.08 Å². The van der Waals surface area contributed by atoms with Gasteiger partial charge in [-0.05, 0) is 48.0 Å². The van der Waals surface area contributed by atoms with Gasteiger partial charge in [-0.25, -0.2) is 4.98 Å². The van der Waals surface area contributed by atoms with Gasteiger partial charge in [0.1, 0.15) is 11.1 Å². The molecule has 170 valence electrons. The summed E-state index contributed by atoms with van der Waals surface area (Å²) in [7, 11) is 2.09. The SMILES string of the molecule is CN1CCN=C(/C=C/c2ccc(C#N)c(SCc3ccc(Cl)cc3)n2)c2ccccc21.Cl.Cl. The lowest BCUT2D eigenvalue weighted by Gasteiger charge is -2.18. The van der Waals surface area contributed by atoms with Crippen molar-refractivity contribution in [1.82, 2.24) is 4.98 Å². The Labute approximate surface area is 216 Å². The Morgan fingerprint density at radius 1 is 1.06 bits per heavy atom. The van der Waals surface area contributed by atoms with Crippen molar-refractivity contribution in [1.29, 1.82) is 5.26 Å². The fraction of sp³-hybridized carbons (Fsp3) is 0.160. The first-order valence-electron chi connectivity index (χ1n) is 9.95. The molecule has 0 radical (unpaired) electrons. The van der Waals surface area contributed by atoms with E-state index < -0.39 is 0 Å². The molecule has 0 N–H and O–H groups in total. The third-order valence-corrected chi connectivity index (χ3v) is 6.33. The maximum atomic E-state index is 9.48. The summed E-state index contributed by atoms with van der Waals surface area (Å²) in [5.41, 5.74) is 5.75. The van der Waals surface area contributed by atoms with Crippen molar-refractivity contribution in [3.05, 3.63) is 94.1 Å². The molecule has 4 nitrogen and oxygen atoms in total. The van der Waals surface area contributed by atoms with Crippen LogP contribution in [0.5, 0.6) is 0 Å². The number of hydrogen-bond acceptors (Lipinski definition) is 5. The molecule has 8 heteroatoms. The van der Waals surface area contributed by atoms with Gasteiger partial charge in [0.2, 0.25) is 0 Å². The number of aliphatic imine (C=N–C) groups is 1. The van der Waals surface area contributed by atoms with Gasteiger partial charge in [0.05, 0.1) is 23.5 Å². The number of hydrogen-bond donors (Lipinski definition) is 0. The van der Waals surface area contributed by atoms with Crippen LogP contribution in [0.4, 0.5) is 5.69 Å². The third kappa shape index (κ3) is 6.75. The number of anilines is 1. The van der Waals surface area contributed by atoms with E-state index in [1.807, 2.05) is 60.7 Å². The van der Waals surface area contributed by atoms with E-state index in [0.717, 1.165) is 46.4 Å². The maximum absolute atomic E-state index is 9.48. The topological polar surface area (TPSA) is 52.3 Å². The number of thioether (sulfide) groups is 1. The van der Waals surface area contributed by atoms with E-state index in [9.17, 15) is 5.26 Å². The lowest BCUT2D eigenvalue weighted by atomic mass is 10.1. The van der Waals surface area contributed by atoms with Crippen LogP contribution < -0.4 is 4.90 Å². The number of halogens is 3. The summed E-state index contributed by atoms with van der Waals surface area (Å²) in [5, 5.41) is 10.9. The molecule has 0 saturated heterocycles. The van der Waals surface area contributed by atoms with Gasteiger partial charge < -0.3 is 4.90 Å². The number of fused-ring (bicyclic) bond motifs is 1. The Morgan fingerprint density at radius 3 is 2.58 bits per heavy atom. The molecule has 33 heavy (non-hydrogen) atoms. The van der Waals surface area contributed by atoms with Crippen LogP contribution in [-0.2, 0) is 5.75 Å². The quantitative estimate of drug-likeness (QED) is 0.354. The summed E-state index contributed by atoms with van der Waals surface area (Å²) in [6, 6.07) is 22.0. The molecule has 1 aliphatic heterocycles. The number of aromatic nitrogens is 1. The Hall–Kier alpha value is -2.49. The number of benzodiazepines with no additional fused rings is 1. The number of pyridine rings is 1. The standard InChI is InChI=1S/C25H21ClN4S.2ClH/c1-30-15-14-28-23(22-4-2-3-5-24(22)30)13-12-21-11-8-19(16-27)25(29-21)31-17-18-6-9-20(26)10-7-18;;/h2-13H,14-15,17H2,1H3;2*1H/b13-12+;;. The van der Waals surface area contributed by atoms with Crippen LogP contribution in [0.1, 0.15) is 22.4 Å². The van der Waals surface area contributed by atoms with Gasteiger partial charge in [-0.1, -0.05) is 41.9 Å². The van der Waals surface area contributed by atoms with Gasteiger partial charge in [-0.2, -0.15) is 5.26 Å². The molecule has 0 unspecified atom stereocenters. The van der Waals surface area contributed by atoms with Crippen molar-refractivity contribution in [3.63, 3.8) is 0 Å². The molecule has 0 atom stereocenters. The highest BCUT2D eigenvalue weighted by Crippen LogP contribution is 2.26. The van der Waals surface area contributed by atoms with Crippen molar-refractivity contribution in [2.75, 3.05) is 25.0 Å². The first-order valence-corrected chi connectivity index (χ1v) is 11.3. The zero-order chi connectivity index (χ0) is 21.6. The number of para-hydroxylation sites is 1. The molecule has 0 aliphatic carbocycles. The van der Waals surface area contributed by atoms with Crippen molar-refractivity contribution in [2.45, 2.75) is 10.8 Å². The minimum Gasteiger partial charge on any atom is -0.372 e. The molecule has 1 aromatic heterocycles. The van der Waals surface area contributed by atoms with Crippen LogP contribution in [-0.4, -0.2) is 30.8 Å². The van der Waals surface area contributed by atoms with E-state index in [-0.39, 0.29) is 24.8 Å².